The van der Waals surface area contributed by atoms with E-state index in [2.05, 4.69) is 26.1 Å². The second-order valence-electron chi connectivity index (χ2n) is 6.12. The molecule has 0 aromatic carbocycles. The number of ketones is 1. The van der Waals surface area contributed by atoms with E-state index in [9.17, 15) is 9.59 Å². The average Bonchev–Trinajstić information content (AvgIpc) is 2.40. The second-order valence-corrected chi connectivity index (χ2v) is 6.12. The van der Waals surface area contributed by atoms with Crippen LogP contribution in [0.4, 0.5) is 0 Å². The highest BCUT2D eigenvalue weighted by molar-refractivity contribution is 5.78. The van der Waals surface area contributed by atoms with Crippen molar-refractivity contribution < 1.29 is 9.59 Å². The lowest BCUT2D eigenvalue weighted by Crippen LogP contribution is -2.42. The quantitative estimate of drug-likeness (QED) is 0.580. The Hall–Kier alpha value is -0.860. The molecule has 20 heavy (non-hydrogen) atoms. The fraction of sp³-hybridized carbons (Fsp3) is 0.882. The molecule has 3 nitrogen and oxygen atoms in total. The molecule has 0 aliphatic rings. The van der Waals surface area contributed by atoms with Crippen molar-refractivity contribution in [3.63, 3.8) is 0 Å². The van der Waals surface area contributed by atoms with Crippen molar-refractivity contribution in [1.29, 1.82) is 0 Å². The summed E-state index contributed by atoms with van der Waals surface area (Å²) in [5, 5.41) is 3.09. The van der Waals surface area contributed by atoms with Crippen molar-refractivity contribution in [2.24, 2.45) is 11.8 Å². The SMILES string of the molecule is CCCC(=O)CCCC[C@H](C)C(NC(C)=O)C(C)CC. The Morgan fingerprint density at radius 3 is 2.15 bits per heavy atom. The minimum Gasteiger partial charge on any atom is -0.353 e. The standard InChI is InChI=1S/C17H33NO2/c1-6-10-16(20)12-9-8-11-14(4)17(13(3)7-2)18-15(5)19/h13-14,17H,6-12H2,1-5H3,(H,18,19)/t13?,14-,17?/m0/s1. The summed E-state index contributed by atoms with van der Waals surface area (Å²) in [7, 11) is 0. The highest BCUT2D eigenvalue weighted by atomic mass is 16.1. The van der Waals surface area contributed by atoms with Crippen LogP contribution >= 0.6 is 0 Å². The molecule has 0 saturated carbocycles. The molecule has 0 bridgehead atoms. The molecule has 0 aromatic heterocycles. The van der Waals surface area contributed by atoms with Gasteiger partial charge in [0.1, 0.15) is 5.78 Å². The predicted octanol–water partition coefficient (Wildman–Crippen LogP) is 4.10. The Kier molecular flexibility index (Phi) is 10.4. The van der Waals surface area contributed by atoms with Gasteiger partial charge in [-0.2, -0.15) is 0 Å². The monoisotopic (exact) mass is 283 g/mol. The first-order chi connectivity index (χ1) is 9.42. The molecule has 0 rings (SSSR count). The molecule has 0 fully saturated rings. The number of hydrogen-bond acceptors (Lipinski definition) is 2. The zero-order chi connectivity index (χ0) is 15.5. The molecule has 1 amide bonds. The van der Waals surface area contributed by atoms with Crippen LogP contribution in [-0.2, 0) is 9.59 Å². The maximum Gasteiger partial charge on any atom is 0.217 e. The van der Waals surface area contributed by atoms with E-state index in [0.717, 1.165) is 38.5 Å². The van der Waals surface area contributed by atoms with E-state index < -0.39 is 0 Å². The van der Waals surface area contributed by atoms with Crippen LogP contribution in [0.1, 0.15) is 79.6 Å². The Labute approximate surface area is 124 Å². The summed E-state index contributed by atoms with van der Waals surface area (Å²) in [6, 6.07) is 0.254. The van der Waals surface area contributed by atoms with Gasteiger partial charge in [0, 0.05) is 25.8 Å². The second kappa shape index (κ2) is 10.9. The molecule has 0 aliphatic carbocycles. The van der Waals surface area contributed by atoms with E-state index in [0.29, 0.717) is 24.0 Å². The molecule has 3 heteroatoms. The van der Waals surface area contributed by atoms with E-state index in [1.807, 2.05) is 6.92 Å². The van der Waals surface area contributed by atoms with Crippen molar-refractivity contribution in [2.45, 2.75) is 85.6 Å². The molecule has 0 saturated heterocycles. The van der Waals surface area contributed by atoms with Gasteiger partial charge in [-0.25, -0.2) is 0 Å². The maximum atomic E-state index is 11.5. The first-order valence-corrected chi connectivity index (χ1v) is 8.21. The van der Waals surface area contributed by atoms with Gasteiger partial charge in [-0.3, -0.25) is 9.59 Å². The van der Waals surface area contributed by atoms with Gasteiger partial charge in [0.15, 0.2) is 0 Å². The highest BCUT2D eigenvalue weighted by Gasteiger charge is 2.22. The first-order valence-electron chi connectivity index (χ1n) is 8.21. The fourth-order valence-electron chi connectivity index (χ4n) is 2.71. The van der Waals surface area contributed by atoms with Crippen LogP contribution in [0.2, 0.25) is 0 Å². The molecule has 0 aliphatic heterocycles. The van der Waals surface area contributed by atoms with Crippen LogP contribution in [-0.4, -0.2) is 17.7 Å². The summed E-state index contributed by atoms with van der Waals surface area (Å²) in [5.41, 5.74) is 0. The van der Waals surface area contributed by atoms with Gasteiger partial charge in [0.05, 0.1) is 0 Å². The maximum absolute atomic E-state index is 11.5. The number of Topliss-reactive ketones (excluding diaryl/α,β-unsaturated/α-hetero) is 1. The minimum absolute atomic E-state index is 0.0558. The van der Waals surface area contributed by atoms with Crippen molar-refractivity contribution in [2.75, 3.05) is 0 Å². The molecule has 0 aromatic rings. The summed E-state index contributed by atoms with van der Waals surface area (Å²) in [4.78, 5) is 22.8. The van der Waals surface area contributed by atoms with E-state index in [-0.39, 0.29) is 11.9 Å². The Balaban J connectivity index is 4.09. The van der Waals surface area contributed by atoms with E-state index >= 15 is 0 Å². The average molecular weight is 283 g/mol. The lowest BCUT2D eigenvalue weighted by molar-refractivity contribution is -0.120. The molecule has 0 heterocycles. The Morgan fingerprint density at radius 1 is 1.00 bits per heavy atom. The number of hydrogen-bond donors (Lipinski definition) is 1. The van der Waals surface area contributed by atoms with Gasteiger partial charge >= 0.3 is 0 Å². The smallest absolute Gasteiger partial charge is 0.217 e. The zero-order valence-electron chi connectivity index (χ0n) is 14.0. The van der Waals surface area contributed by atoms with Crippen molar-refractivity contribution >= 4 is 11.7 Å². The molecule has 1 N–H and O–H groups in total. The summed E-state index contributed by atoms with van der Waals surface area (Å²) in [6.45, 7) is 10.2. The van der Waals surface area contributed by atoms with Crippen LogP contribution in [0.3, 0.4) is 0 Å². The van der Waals surface area contributed by atoms with Gasteiger partial charge in [-0.05, 0) is 31.1 Å². The van der Waals surface area contributed by atoms with Crippen molar-refractivity contribution in [1.82, 2.24) is 5.32 Å². The van der Waals surface area contributed by atoms with E-state index in [1.165, 1.54) is 0 Å². The molecule has 118 valence electrons. The third-order valence-electron chi connectivity index (χ3n) is 4.13. The van der Waals surface area contributed by atoms with Gasteiger partial charge in [0.2, 0.25) is 5.91 Å². The number of unbranched alkanes of at least 4 members (excludes halogenated alkanes) is 1. The number of carbonyl (C=O) groups is 2. The third kappa shape index (κ3) is 8.34. The van der Waals surface area contributed by atoms with Gasteiger partial charge < -0.3 is 5.32 Å². The number of amides is 1. The highest BCUT2D eigenvalue weighted by Crippen LogP contribution is 2.21. The lowest BCUT2D eigenvalue weighted by Gasteiger charge is -2.29. The fourth-order valence-corrected chi connectivity index (χ4v) is 2.71. The molecule has 0 radical (unpaired) electrons. The van der Waals surface area contributed by atoms with Crippen LogP contribution in [0.5, 0.6) is 0 Å². The Bertz CT molecular complexity index is 289. The Morgan fingerprint density at radius 2 is 1.65 bits per heavy atom. The van der Waals surface area contributed by atoms with Crippen molar-refractivity contribution in [3.05, 3.63) is 0 Å². The van der Waals surface area contributed by atoms with Crippen LogP contribution in [0.25, 0.3) is 0 Å². The third-order valence-corrected chi connectivity index (χ3v) is 4.13. The van der Waals surface area contributed by atoms with E-state index in [1.54, 1.807) is 6.92 Å². The number of nitrogens with one attached hydrogen (secondary N) is 1. The van der Waals surface area contributed by atoms with E-state index in [4.69, 9.17) is 0 Å². The molecule has 2 unspecified atom stereocenters. The minimum atomic E-state index is 0.0558. The van der Waals surface area contributed by atoms with Gasteiger partial charge in [-0.1, -0.05) is 40.5 Å². The predicted molar refractivity (Wildman–Crippen MR) is 84.6 cm³/mol. The summed E-state index contributed by atoms with van der Waals surface area (Å²) in [5.74, 6) is 1.41. The molecule has 0 spiro atoms. The number of carbonyl (C=O) groups excluding carboxylic acids is 2. The normalized spacial score (nSPS) is 15.4. The summed E-state index contributed by atoms with van der Waals surface area (Å²) >= 11 is 0. The first kappa shape index (κ1) is 19.1. The lowest BCUT2D eigenvalue weighted by atomic mass is 9.85. The van der Waals surface area contributed by atoms with Crippen LogP contribution < -0.4 is 5.32 Å². The van der Waals surface area contributed by atoms with Crippen molar-refractivity contribution in [3.8, 4) is 0 Å². The largest absolute Gasteiger partial charge is 0.353 e. The van der Waals surface area contributed by atoms with Crippen LogP contribution in [0, 0.1) is 11.8 Å². The van der Waals surface area contributed by atoms with Crippen LogP contribution in [0.15, 0.2) is 0 Å². The van der Waals surface area contributed by atoms with Gasteiger partial charge in [-0.15, -0.1) is 0 Å². The molecular weight excluding hydrogens is 250 g/mol. The number of rotatable bonds is 11. The summed E-state index contributed by atoms with van der Waals surface area (Å²) in [6.07, 6.45) is 6.60. The van der Waals surface area contributed by atoms with Gasteiger partial charge in [0.25, 0.3) is 0 Å². The summed E-state index contributed by atoms with van der Waals surface area (Å²) < 4.78 is 0. The molecule has 3 atom stereocenters. The zero-order valence-corrected chi connectivity index (χ0v) is 14.0. The topological polar surface area (TPSA) is 46.2 Å². The molecular formula is C17H33NO2.